The largest absolute Gasteiger partial charge is 0.451 e. The first-order chi connectivity index (χ1) is 8.34. The minimum Gasteiger partial charge on any atom is -0.451 e. The Morgan fingerprint density at radius 1 is 1.24 bits per heavy atom. The Balaban J connectivity index is 1.89. The van der Waals surface area contributed by atoms with Crippen LogP contribution in [0.1, 0.15) is 10.6 Å². The van der Waals surface area contributed by atoms with Gasteiger partial charge in [0.1, 0.15) is 5.58 Å². The van der Waals surface area contributed by atoms with Crippen LogP contribution in [0.15, 0.2) is 34.7 Å². The molecule has 1 aliphatic heterocycles. The van der Waals surface area contributed by atoms with Crippen LogP contribution in [-0.2, 0) is 0 Å². The summed E-state index contributed by atoms with van der Waals surface area (Å²) in [6.07, 6.45) is 0. The summed E-state index contributed by atoms with van der Waals surface area (Å²) >= 11 is 0. The van der Waals surface area contributed by atoms with Gasteiger partial charge in [0.15, 0.2) is 5.76 Å². The number of rotatable bonds is 1. The smallest absolute Gasteiger partial charge is 0.289 e. The predicted octanol–water partition coefficient (Wildman–Crippen LogP) is 1.48. The van der Waals surface area contributed by atoms with Gasteiger partial charge < -0.3 is 14.6 Å². The second-order valence-corrected chi connectivity index (χ2v) is 4.19. The van der Waals surface area contributed by atoms with Crippen molar-refractivity contribution in [2.24, 2.45) is 0 Å². The zero-order valence-electron chi connectivity index (χ0n) is 9.48. The molecule has 17 heavy (non-hydrogen) atoms. The van der Waals surface area contributed by atoms with E-state index in [1.807, 2.05) is 35.2 Å². The van der Waals surface area contributed by atoms with E-state index in [1.54, 1.807) is 0 Å². The molecule has 1 aromatic heterocycles. The molecule has 1 saturated heterocycles. The van der Waals surface area contributed by atoms with E-state index >= 15 is 0 Å². The molecule has 0 aliphatic carbocycles. The van der Waals surface area contributed by atoms with Gasteiger partial charge in [-0.3, -0.25) is 4.79 Å². The average Bonchev–Trinajstić information content (AvgIpc) is 2.82. The van der Waals surface area contributed by atoms with Crippen molar-refractivity contribution in [1.29, 1.82) is 0 Å². The molecule has 1 amide bonds. The van der Waals surface area contributed by atoms with Crippen LogP contribution in [0.3, 0.4) is 0 Å². The maximum Gasteiger partial charge on any atom is 0.289 e. The number of para-hydroxylation sites is 1. The fourth-order valence-corrected chi connectivity index (χ4v) is 2.11. The normalized spacial score (nSPS) is 16.4. The maximum absolute atomic E-state index is 12.2. The summed E-state index contributed by atoms with van der Waals surface area (Å²) in [6.45, 7) is 3.20. The number of furan rings is 1. The third kappa shape index (κ3) is 1.91. The molecule has 2 heterocycles. The van der Waals surface area contributed by atoms with Crippen LogP contribution in [0.5, 0.6) is 0 Å². The molecule has 0 unspecified atom stereocenters. The minimum atomic E-state index is -0.0114. The Labute approximate surface area is 99.2 Å². The molecule has 1 aromatic carbocycles. The Morgan fingerprint density at radius 2 is 2.00 bits per heavy atom. The van der Waals surface area contributed by atoms with Crippen molar-refractivity contribution in [2.75, 3.05) is 26.2 Å². The lowest BCUT2D eigenvalue weighted by atomic mass is 10.2. The summed E-state index contributed by atoms with van der Waals surface area (Å²) in [5.41, 5.74) is 0.769. The van der Waals surface area contributed by atoms with Crippen molar-refractivity contribution < 1.29 is 9.21 Å². The van der Waals surface area contributed by atoms with E-state index in [0.29, 0.717) is 5.76 Å². The van der Waals surface area contributed by atoms with Gasteiger partial charge in [0.05, 0.1) is 0 Å². The highest BCUT2D eigenvalue weighted by molar-refractivity contribution is 5.96. The van der Waals surface area contributed by atoms with Gasteiger partial charge in [-0.05, 0) is 12.1 Å². The van der Waals surface area contributed by atoms with Crippen LogP contribution in [0, 0.1) is 0 Å². The molecular weight excluding hydrogens is 216 g/mol. The molecule has 0 radical (unpaired) electrons. The topological polar surface area (TPSA) is 45.5 Å². The van der Waals surface area contributed by atoms with E-state index in [0.717, 1.165) is 37.1 Å². The van der Waals surface area contributed by atoms with Gasteiger partial charge in [-0.15, -0.1) is 0 Å². The van der Waals surface area contributed by atoms with E-state index in [1.165, 1.54) is 0 Å². The summed E-state index contributed by atoms with van der Waals surface area (Å²) in [7, 11) is 0. The molecule has 0 bridgehead atoms. The third-order valence-corrected chi connectivity index (χ3v) is 3.04. The number of hydrogen-bond acceptors (Lipinski definition) is 3. The third-order valence-electron chi connectivity index (χ3n) is 3.04. The Hall–Kier alpha value is -1.81. The van der Waals surface area contributed by atoms with Gasteiger partial charge >= 0.3 is 0 Å². The van der Waals surface area contributed by atoms with Gasteiger partial charge in [0.25, 0.3) is 5.91 Å². The van der Waals surface area contributed by atoms with E-state index in [2.05, 4.69) is 5.32 Å². The van der Waals surface area contributed by atoms with Crippen LogP contribution < -0.4 is 5.32 Å². The van der Waals surface area contributed by atoms with E-state index < -0.39 is 0 Å². The highest BCUT2D eigenvalue weighted by Crippen LogP contribution is 2.20. The number of carbonyl (C=O) groups excluding carboxylic acids is 1. The number of hydrogen-bond donors (Lipinski definition) is 1. The molecule has 4 nitrogen and oxygen atoms in total. The summed E-state index contributed by atoms with van der Waals surface area (Å²) in [5.74, 6) is 0.427. The van der Waals surface area contributed by atoms with E-state index in [9.17, 15) is 4.79 Å². The summed E-state index contributed by atoms with van der Waals surface area (Å²) in [5, 5.41) is 4.20. The zero-order chi connectivity index (χ0) is 11.7. The first-order valence-corrected chi connectivity index (χ1v) is 5.83. The molecular formula is C13H14N2O2. The lowest BCUT2D eigenvalue weighted by molar-refractivity contribution is 0.0706. The minimum absolute atomic E-state index is 0.0114. The van der Waals surface area contributed by atoms with E-state index in [4.69, 9.17) is 4.42 Å². The van der Waals surface area contributed by atoms with E-state index in [-0.39, 0.29) is 5.91 Å². The molecule has 1 N–H and O–H groups in total. The number of amides is 1. The molecule has 3 rings (SSSR count). The molecule has 88 valence electrons. The molecule has 0 atom stereocenters. The predicted molar refractivity (Wildman–Crippen MR) is 65.0 cm³/mol. The number of fused-ring (bicyclic) bond motifs is 1. The molecule has 4 heteroatoms. The van der Waals surface area contributed by atoms with Gasteiger partial charge in [-0.2, -0.15) is 0 Å². The number of benzene rings is 1. The Kier molecular flexibility index (Phi) is 2.57. The van der Waals surface area contributed by atoms with Crippen LogP contribution >= 0.6 is 0 Å². The zero-order valence-corrected chi connectivity index (χ0v) is 9.48. The number of piperazine rings is 1. The van der Waals surface area contributed by atoms with Crippen molar-refractivity contribution in [3.05, 3.63) is 36.1 Å². The highest BCUT2D eigenvalue weighted by atomic mass is 16.3. The summed E-state index contributed by atoms with van der Waals surface area (Å²) in [4.78, 5) is 14.0. The second kappa shape index (κ2) is 4.22. The van der Waals surface area contributed by atoms with Gasteiger partial charge in [-0.25, -0.2) is 0 Å². The molecule has 0 saturated carbocycles. The van der Waals surface area contributed by atoms with Crippen LogP contribution in [0.2, 0.25) is 0 Å². The monoisotopic (exact) mass is 230 g/mol. The fraction of sp³-hybridized carbons (Fsp3) is 0.308. The van der Waals surface area contributed by atoms with Crippen molar-refractivity contribution in [3.63, 3.8) is 0 Å². The fourth-order valence-electron chi connectivity index (χ4n) is 2.11. The molecule has 1 aliphatic rings. The highest BCUT2D eigenvalue weighted by Gasteiger charge is 2.21. The molecule has 0 spiro atoms. The van der Waals surface area contributed by atoms with Crippen molar-refractivity contribution in [2.45, 2.75) is 0 Å². The van der Waals surface area contributed by atoms with Crippen LogP contribution in [0.25, 0.3) is 11.0 Å². The Bertz CT molecular complexity index is 508. The van der Waals surface area contributed by atoms with Crippen molar-refractivity contribution in [3.8, 4) is 0 Å². The first-order valence-electron chi connectivity index (χ1n) is 5.83. The van der Waals surface area contributed by atoms with Gasteiger partial charge in [0, 0.05) is 31.6 Å². The van der Waals surface area contributed by atoms with Crippen molar-refractivity contribution >= 4 is 16.9 Å². The number of nitrogens with zero attached hydrogens (tertiary/aromatic N) is 1. The summed E-state index contributed by atoms with van der Waals surface area (Å²) < 4.78 is 5.57. The van der Waals surface area contributed by atoms with Crippen LogP contribution in [0.4, 0.5) is 0 Å². The second-order valence-electron chi connectivity index (χ2n) is 4.19. The number of carbonyl (C=O) groups is 1. The SMILES string of the molecule is O=C(c1cc2ccccc2o1)N1CCNCC1. The first kappa shape index (κ1) is 10.4. The number of nitrogens with one attached hydrogen (secondary N) is 1. The lowest BCUT2D eigenvalue weighted by Gasteiger charge is -2.26. The molecule has 2 aromatic rings. The lowest BCUT2D eigenvalue weighted by Crippen LogP contribution is -2.46. The maximum atomic E-state index is 12.2. The molecule has 1 fully saturated rings. The summed E-state index contributed by atoms with van der Waals surface area (Å²) in [6, 6.07) is 9.50. The Morgan fingerprint density at radius 3 is 2.76 bits per heavy atom. The average molecular weight is 230 g/mol. The quantitative estimate of drug-likeness (QED) is 0.807. The van der Waals surface area contributed by atoms with Gasteiger partial charge in [-0.1, -0.05) is 18.2 Å². The van der Waals surface area contributed by atoms with Gasteiger partial charge in [0.2, 0.25) is 0 Å². The van der Waals surface area contributed by atoms with Crippen molar-refractivity contribution in [1.82, 2.24) is 10.2 Å². The standard InChI is InChI=1S/C13H14N2O2/c16-13(15-7-5-14-6-8-15)12-9-10-3-1-2-4-11(10)17-12/h1-4,9,14H,5-8H2. The van der Waals surface area contributed by atoms with Crippen LogP contribution in [-0.4, -0.2) is 37.0 Å².